The topological polar surface area (TPSA) is 58.1 Å². The molecule has 0 aliphatic carbocycles. The summed E-state index contributed by atoms with van der Waals surface area (Å²) in [5.74, 6) is -0.198. The van der Waals surface area contributed by atoms with E-state index in [0.29, 0.717) is 15.7 Å². The van der Waals surface area contributed by atoms with Crippen molar-refractivity contribution in [1.29, 1.82) is 0 Å². The lowest BCUT2D eigenvalue weighted by atomic mass is 10.1. The zero-order valence-electron chi connectivity index (χ0n) is 15.6. The van der Waals surface area contributed by atoms with E-state index in [9.17, 15) is 4.79 Å². The van der Waals surface area contributed by atoms with Crippen LogP contribution in [0.25, 0.3) is 0 Å². The molecule has 1 aliphatic rings. The molecule has 0 saturated carbocycles. The zero-order valence-corrected chi connectivity index (χ0v) is 17.1. The summed E-state index contributed by atoms with van der Waals surface area (Å²) in [6, 6.07) is 11.2. The van der Waals surface area contributed by atoms with Crippen LogP contribution in [0, 0.1) is 6.92 Å². The van der Waals surface area contributed by atoms with Gasteiger partial charge in [0.1, 0.15) is 0 Å². The van der Waals surface area contributed by atoms with Gasteiger partial charge in [0, 0.05) is 28.7 Å². The second kappa shape index (κ2) is 8.39. The molecule has 1 aromatic carbocycles. The molecule has 1 atom stereocenters. The second-order valence-electron chi connectivity index (χ2n) is 6.94. The van der Waals surface area contributed by atoms with Crippen molar-refractivity contribution in [3.05, 3.63) is 75.5 Å². The molecule has 0 radical (unpaired) electrons. The quantitative estimate of drug-likeness (QED) is 0.634. The van der Waals surface area contributed by atoms with Crippen molar-refractivity contribution in [1.82, 2.24) is 14.9 Å². The van der Waals surface area contributed by atoms with Gasteiger partial charge >= 0.3 is 0 Å². The Morgan fingerprint density at radius 3 is 3.07 bits per heavy atom. The number of aromatic nitrogens is 2. The number of rotatable bonds is 5. The minimum Gasteiger partial charge on any atom is -0.298 e. The lowest BCUT2D eigenvalue weighted by Crippen LogP contribution is -2.24. The molecule has 0 bridgehead atoms. The van der Waals surface area contributed by atoms with Gasteiger partial charge in [-0.1, -0.05) is 23.7 Å². The summed E-state index contributed by atoms with van der Waals surface area (Å²) in [5.41, 5.74) is 3.86. The summed E-state index contributed by atoms with van der Waals surface area (Å²) < 4.78 is 0. The first-order chi connectivity index (χ1) is 13.6. The molecule has 1 saturated heterocycles. The summed E-state index contributed by atoms with van der Waals surface area (Å²) in [5, 5.41) is 6.08. The molecule has 4 rings (SSSR count). The summed E-state index contributed by atoms with van der Waals surface area (Å²) in [6.45, 7) is 3.95. The van der Waals surface area contributed by atoms with Crippen LogP contribution in [0.3, 0.4) is 0 Å². The number of hydrogen-bond donors (Lipinski definition) is 1. The fourth-order valence-electron chi connectivity index (χ4n) is 3.52. The maximum Gasteiger partial charge on any atom is 0.257 e. The number of amides is 1. The van der Waals surface area contributed by atoms with Gasteiger partial charge < -0.3 is 0 Å². The van der Waals surface area contributed by atoms with Crippen molar-refractivity contribution in [2.24, 2.45) is 0 Å². The monoisotopic (exact) mass is 412 g/mol. The molecule has 1 N–H and O–H groups in total. The molecular formula is C21H21ClN4OS. The van der Waals surface area contributed by atoms with Crippen molar-refractivity contribution in [3.8, 4) is 0 Å². The van der Waals surface area contributed by atoms with Gasteiger partial charge in [0.25, 0.3) is 5.91 Å². The van der Waals surface area contributed by atoms with Gasteiger partial charge in [-0.25, -0.2) is 4.98 Å². The Hall–Kier alpha value is -2.28. The fraction of sp³-hybridized carbons (Fsp3) is 0.286. The fourth-order valence-corrected chi connectivity index (χ4v) is 4.46. The number of nitrogens with zero attached hydrogens (tertiary/aromatic N) is 3. The average molecular weight is 413 g/mol. The predicted octanol–water partition coefficient (Wildman–Crippen LogP) is 5.09. The van der Waals surface area contributed by atoms with Gasteiger partial charge in [-0.15, -0.1) is 11.3 Å². The molecule has 28 heavy (non-hydrogen) atoms. The standard InChI is InChI=1S/C21H21ClN4OS/c1-14-5-3-9-23-17(14)12-26-10-4-8-19(26)18-13-28-21(24-18)25-20(27)15-6-2-7-16(22)11-15/h2-3,5-7,9,11,13,19H,4,8,10,12H2,1H3,(H,24,25,27). The molecule has 5 nitrogen and oxygen atoms in total. The minimum atomic E-state index is -0.198. The number of thiazole rings is 1. The van der Waals surface area contributed by atoms with Crippen molar-refractivity contribution in [2.75, 3.05) is 11.9 Å². The smallest absolute Gasteiger partial charge is 0.257 e. The number of halogens is 1. The van der Waals surface area contributed by atoms with Gasteiger partial charge in [0.05, 0.1) is 17.4 Å². The lowest BCUT2D eigenvalue weighted by Gasteiger charge is -2.23. The Labute approximate surface area is 173 Å². The van der Waals surface area contributed by atoms with E-state index in [2.05, 4.69) is 33.2 Å². The van der Waals surface area contributed by atoms with Crippen LogP contribution in [0.5, 0.6) is 0 Å². The highest BCUT2D eigenvalue weighted by Crippen LogP contribution is 2.34. The molecule has 1 unspecified atom stereocenters. The average Bonchev–Trinajstić information content (AvgIpc) is 3.33. The number of pyridine rings is 1. The van der Waals surface area contributed by atoms with E-state index in [-0.39, 0.29) is 11.9 Å². The Morgan fingerprint density at radius 1 is 1.36 bits per heavy atom. The Bertz CT molecular complexity index is 990. The number of likely N-dealkylation sites (tertiary alicyclic amines) is 1. The molecule has 1 amide bonds. The van der Waals surface area contributed by atoms with Crippen LogP contribution in [0.15, 0.2) is 48.0 Å². The van der Waals surface area contributed by atoms with Crippen LogP contribution in [0.4, 0.5) is 5.13 Å². The Balaban J connectivity index is 1.46. The molecule has 1 aliphatic heterocycles. The number of carbonyl (C=O) groups excluding carboxylic acids is 1. The first-order valence-corrected chi connectivity index (χ1v) is 10.5. The van der Waals surface area contributed by atoms with E-state index in [0.717, 1.165) is 37.3 Å². The molecule has 2 aromatic heterocycles. The number of aryl methyl sites for hydroxylation is 1. The van der Waals surface area contributed by atoms with E-state index < -0.39 is 0 Å². The highest BCUT2D eigenvalue weighted by molar-refractivity contribution is 7.14. The number of hydrogen-bond acceptors (Lipinski definition) is 5. The van der Waals surface area contributed by atoms with E-state index in [1.165, 1.54) is 16.9 Å². The Kier molecular flexibility index (Phi) is 5.71. The maximum atomic E-state index is 12.4. The maximum absolute atomic E-state index is 12.4. The summed E-state index contributed by atoms with van der Waals surface area (Å²) in [6.07, 6.45) is 4.05. The molecule has 1 fully saturated rings. The summed E-state index contributed by atoms with van der Waals surface area (Å²) >= 11 is 7.43. The van der Waals surface area contributed by atoms with E-state index in [4.69, 9.17) is 11.6 Å². The van der Waals surface area contributed by atoms with Crippen LogP contribution in [0.2, 0.25) is 5.02 Å². The predicted molar refractivity (Wildman–Crippen MR) is 113 cm³/mol. The van der Waals surface area contributed by atoms with Crippen molar-refractivity contribution in [3.63, 3.8) is 0 Å². The molecule has 144 valence electrons. The molecular weight excluding hydrogens is 392 g/mol. The highest BCUT2D eigenvalue weighted by atomic mass is 35.5. The Morgan fingerprint density at radius 2 is 2.25 bits per heavy atom. The number of nitrogens with one attached hydrogen (secondary N) is 1. The zero-order chi connectivity index (χ0) is 19.5. The third kappa shape index (κ3) is 4.24. The van der Waals surface area contributed by atoms with Crippen molar-refractivity contribution >= 4 is 34.0 Å². The summed E-state index contributed by atoms with van der Waals surface area (Å²) in [7, 11) is 0. The SMILES string of the molecule is Cc1cccnc1CN1CCCC1c1csc(NC(=O)c2cccc(Cl)c2)n1. The number of carbonyl (C=O) groups is 1. The molecule has 3 heterocycles. The third-order valence-corrected chi connectivity index (χ3v) is 6.02. The van der Waals surface area contributed by atoms with Gasteiger partial charge in [-0.2, -0.15) is 0 Å². The van der Waals surface area contributed by atoms with E-state index in [1.54, 1.807) is 24.3 Å². The van der Waals surface area contributed by atoms with Crippen LogP contribution in [0.1, 0.15) is 46.2 Å². The van der Waals surface area contributed by atoms with Gasteiger partial charge in [-0.3, -0.25) is 20.0 Å². The first kappa shape index (κ1) is 19.1. The summed E-state index contributed by atoms with van der Waals surface area (Å²) in [4.78, 5) is 24.1. The van der Waals surface area contributed by atoms with Crippen LogP contribution in [-0.2, 0) is 6.54 Å². The molecule has 7 heteroatoms. The molecule has 3 aromatic rings. The lowest BCUT2D eigenvalue weighted by molar-refractivity contribution is 0.102. The number of anilines is 1. The largest absolute Gasteiger partial charge is 0.298 e. The second-order valence-corrected chi connectivity index (χ2v) is 8.23. The van der Waals surface area contributed by atoms with Crippen molar-refractivity contribution < 1.29 is 4.79 Å². The third-order valence-electron chi connectivity index (χ3n) is 5.01. The van der Waals surface area contributed by atoms with E-state index in [1.807, 2.05) is 17.6 Å². The normalized spacial score (nSPS) is 17.0. The highest BCUT2D eigenvalue weighted by Gasteiger charge is 2.28. The van der Waals surface area contributed by atoms with Gasteiger partial charge in [0.2, 0.25) is 0 Å². The minimum absolute atomic E-state index is 0.198. The van der Waals surface area contributed by atoms with Crippen LogP contribution in [-0.4, -0.2) is 27.3 Å². The molecule has 0 spiro atoms. The van der Waals surface area contributed by atoms with Gasteiger partial charge in [-0.05, 0) is 56.1 Å². The van der Waals surface area contributed by atoms with E-state index >= 15 is 0 Å². The van der Waals surface area contributed by atoms with Crippen molar-refractivity contribution in [2.45, 2.75) is 32.4 Å². The van der Waals surface area contributed by atoms with Gasteiger partial charge in [0.15, 0.2) is 5.13 Å². The number of benzene rings is 1. The van der Waals surface area contributed by atoms with Crippen LogP contribution < -0.4 is 5.32 Å². The first-order valence-electron chi connectivity index (χ1n) is 9.27. The van der Waals surface area contributed by atoms with Crippen LogP contribution >= 0.6 is 22.9 Å².